The lowest BCUT2D eigenvalue weighted by atomic mass is 10.2. The Balaban J connectivity index is 1.47. The van der Waals surface area contributed by atoms with Crippen LogP contribution in [0, 0.1) is 0 Å². The number of fused-ring (bicyclic) bond motifs is 1. The maximum atomic E-state index is 12.9. The zero-order chi connectivity index (χ0) is 21.5. The second kappa shape index (κ2) is 7.64. The average molecular weight is 429 g/mol. The lowest BCUT2D eigenvalue weighted by Crippen LogP contribution is -2.50. The summed E-state index contributed by atoms with van der Waals surface area (Å²) in [7, 11) is -0.584. The first-order chi connectivity index (χ1) is 14.3. The molecule has 1 saturated heterocycles. The fraction of sp³-hybridized carbons (Fsp3) is 0.333. The third-order valence-electron chi connectivity index (χ3n) is 5.67. The molecule has 9 heteroatoms. The number of nitrogens with zero attached hydrogens (tertiary/aromatic N) is 4. The van der Waals surface area contributed by atoms with Crippen molar-refractivity contribution in [2.24, 2.45) is 14.1 Å². The summed E-state index contributed by atoms with van der Waals surface area (Å²) in [6, 6.07) is 14.5. The molecule has 1 amide bonds. The van der Waals surface area contributed by atoms with Crippen LogP contribution in [0.4, 0.5) is 5.69 Å². The maximum absolute atomic E-state index is 12.9. The minimum Gasteiger partial charge on any atom is -0.368 e. The fourth-order valence-electron chi connectivity index (χ4n) is 3.87. The van der Waals surface area contributed by atoms with E-state index in [0.29, 0.717) is 37.2 Å². The van der Waals surface area contributed by atoms with Crippen molar-refractivity contribution in [3.63, 3.8) is 0 Å². The minimum atomic E-state index is -3.82. The molecule has 3 aromatic rings. The number of carbonyl (C=O) groups excluding carboxylic acids is 1. The summed E-state index contributed by atoms with van der Waals surface area (Å²) in [5.74, 6) is -0.977. The summed E-state index contributed by atoms with van der Waals surface area (Å²) in [5.41, 5.74) is 2.03. The van der Waals surface area contributed by atoms with Gasteiger partial charge in [0.15, 0.2) is 9.84 Å². The van der Waals surface area contributed by atoms with Crippen molar-refractivity contribution >= 4 is 32.5 Å². The molecule has 1 aliphatic rings. The van der Waals surface area contributed by atoms with Crippen molar-refractivity contribution in [1.82, 2.24) is 14.0 Å². The molecule has 158 valence electrons. The summed E-state index contributed by atoms with van der Waals surface area (Å²) < 4.78 is 28.6. The molecule has 0 radical (unpaired) electrons. The molecule has 0 bridgehead atoms. The van der Waals surface area contributed by atoms with Gasteiger partial charge in [0.05, 0.1) is 15.9 Å². The smallest absolute Gasteiger partial charge is 0.328 e. The van der Waals surface area contributed by atoms with Gasteiger partial charge in [0.2, 0.25) is 5.91 Å². The standard InChI is InChI=1S/C21H24N4O4S/c1-22-18-9-8-17(14-19(18)23(2)21(22)27)30(28,29)15-20(26)25-12-10-24(11-13-25)16-6-4-3-5-7-16/h3-9,14H,10-13,15H2,1-2H3. The van der Waals surface area contributed by atoms with Crippen molar-refractivity contribution in [2.45, 2.75) is 4.90 Å². The molecule has 30 heavy (non-hydrogen) atoms. The van der Waals surface area contributed by atoms with Crippen molar-refractivity contribution in [3.8, 4) is 0 Å². The van der Waals surface area contributed by atoms with Gasteiger partial charge in [-0.25, -0.2) is 13.2 Å². The van der Waals surface area contributed by atoms with Gasteiger partial charge < -0.3 is 9.80 Å². The first-order valence-electron chi connectivity index (χ1n) is 9.74. The lowest BCUT2D eigenvalue weighted by molar-refractivity contribution is -0.128. The largest absolute Gasteiger partial charge is 0.368 e. The molecule has 0 atom stereocenters. The monoisotopic (exact) mass is 428 g/mol. The van der Waals surface area contributed by atoms with E-state index in [1.807, 2.05) is 30.3 Å². The number of hydrogen-bond acceptors (Lipinski definition) is 5. The first kappa shape index (κ1) is 20.2. The first-order valence-corrected chi connectivity index (χ1v) is 11.4. The number of aromatic nitrogens is 2. The van der Waals surface area contributed by atoms with E-state index in [1.54, 1.807) is 25.1 Å². The van der Waals surface area contributed by atoms with Crippen LogP contribution >= 0.6 is 0 Å². The molecule has 4 rings (SSSR count). The number of para-hydroxylation sites is 1. The molecule has 1 aliphatic heterocycles. The lowest BCUT2D eigenvalue weighted by Gasteiger charge is -2.36. The van der Waals surface area contributed by atoms with Crippen LogP contribution in [0.2, 0.25) is 0 Å². The highest BCUT2D eigenvalue weighted by Gasteiger charge is 2.27. The van der Waals surface area contributed by atoms with Crippen molar-refractivity contribution in [3.05, 3.63) is 59.0 Å². The molecule has 0 N–H and O–H groups in total. The Morgan fingerprint density at radius 1 is 0.900 bits per heavy atom. The molecule has 1 fully saturated rings. The Morgan fingerprint density at radius 3 is 2.20 bits per heavy atom. The third-order valence-corrected chi connectivity index (χ3v) is 7.27. The van der Waals surface area contributed by atoms with E-state index >= 15 is 0 Å². The number of imidazole rings is 1. The Bertz CT molecular complexity index is 1250. The summed E-state index contributed by atoms with van der Waals surface area (Å²) in [5, 5.41) is 0. The molecule has 0 spiro atoms. The summed E-state index contributed by atoms with van der Waals surface area (Å²) in [6.45, 7) is 2.28. The average Bonchev–Trinajstić information content (AvgIpc) is 2.98. The molecule has 2 aromatic carbocycles. The predicted molar refractivity (Wildman–Crippen MR) is 115 cm³/mol. The summed E-state index contributed by atoms with van der Waals surface area (Å²) >= 11 is 0. The van der Waals surface area contributed by atoms with Crippen LogP contribution in [0.5, 0.6) is 0 Å². The zero-order valence-electron chi connectivity index (χ0n) is 17.0. The number of rotatable bonds is 4. The van der Waals surface area contributed by atoms with E-state index in [1.165, 1.54) is 21.3 Å². The highest BCUT2D eigenvalue weighted by Crippen LogP contribution is 2.20. The van der Waals surface area contributed by atoms with E-state index in [2.05, 4.69) is 4.90 Å². The second-order valence-corrected chi connectivity index (χ2v) is 9.50. The molecular weight excluding hydrogens is 404 g/mol. The van der Waals surface area contributed by atoms with Gasteiger partial charge in [-0.3, -0.25) is 13.9 Å². The number of amides is 1. The summed E-state index contributed by atoms with van der Waals surface area (Å²) in [6.07, 6.45) is 0. The summed E-state index contributed by atoms with van der Waals surface area (Å²) in [4.78, 5) is 28.6. The molecule has 0 aliphatic carbocycles. The second-order valence-electron chi connectivity index (χ2n) is 7.51. The molecule has 2 heterocycles. The van der Waals surface area contributed by atoms with E-state index in [9.17, 15) is 18.0 Å². The van der Waals surface area contributed by atoms with Gasteiger partial charge in [0.25, 0.3) is 0 Å². The van der Waals surface area contributed by atoms with Gasteiger partial charge in [-0.15, -0.1) is 0 Å². The van der Waals surface area contributed by atoms with Crippen LogP contribution in [0.25, 0.3) is 11.0 Å². The van der Waals surface area contributed by atoms with E-state index in [0.717, 1.165) is 5.69 Å². The van der Waals surface area contributed by atoms with Gasteiger partial charge in [-0.05, 0) is 30.3 Å². The normalized spacial score (nSPS) is 15.0. The van der Waals surface area contributed by atoms with Gasteiger partial charge in [-0.2, -0.15) is 0 Å². The Kier molecular flexibility index (Phi) is 5.15. The molecule has 0 saturated carbocycles. The predicted octanol–water partition coefficient (Wildman–Crippen LogP) is 0.999. The number of carbonyl (C=O) groups is 1. The van der Waals surface area contributed by atoms with E-state index in [-0.39, 0.29) is 10.6 Å². The molecule has 8 nitrogen and oxygen atoms in total. The van der Waals surface area contributed by atoms with Gasteiger partial charge in [0.1, 0.15) is 5.75 Å². The molecular formula is C21H24N4O4S. The van der Waals surface area contributed by atoms with Gasteiger partial charge in [0, 0.05) is 46.0 Å². The van der Waals surface area contributed by atoms with Gasteiger partial charge >= 0.3 is 5.69 Å². The number of aryl methyl sites for hydroxylation is 2. The van der Waals surface area contributed by atoms with Crippen LogP contribution in [0.3, 0.4) is 0 Å². The van der Waals surface area contributed by atoms with Crippen LogP contribution in [0.15, 0.2) is 58.2 Å². The SMILES string of the molecule is Cn1c(=O)n(C)c2cc(S(=O)(=O)CC(=O)N3CCN(c4ccccc4)CC3)ccc21. The third kappa shape index (κ3) is 3.60. The Labute approximate surface area is 174 Å². The van der Waals surface area contributed by atoms with Crippen LogP contribution in [-0.4, -0.2) is 60.3 Å². The maximum Gasteiger partial charge on any atom is 0.328 e. The molecule has 1 aromatic heterocycles. The Morgan fingerprint density at radius 2 is 1.53 bits per heavy atom. The van der Waals surface area contributed by atoms with Crippen molar-refractivity contribution in [1.29, 1.82) is 0 Å². The van der Waals surface area contributed by atoms with Crippen LogP contribution in [-0.2, 0) is 28.7 Å². The number of benzene rings is 2. The van der Waals surface area contributed by atoms with Crippen molar-refractivity contribution in [2.75, 3.05) is 36.8 Å². The van der Waals surface area contributed by atoms with E-state index in [4.69, 9.17) is 0 Å². The topological polar surface area (TPSA) is 84.6 Å². The fourth-order valence-corrected chi connectivity index (χ4v) is 5.11. The number of sulfone groups is 1. The quantitative estimate of drug-likeness (QED) is 0.619. The van der Waals surface area contributed by atoms with Gasteiger partial charge in [-0.1, -0.05) is 18.2 Å². The number of anilines is 1. The Hall–Kier alpha value is -3.07. The minimum absolute atomic E-state index is 0.0486. The highest BCUT2D eigenvalue weighted by molar-refractivity contribution is 7.92. The zero-order valence-corrected chi connectivity index (χ0v) is 17.8. The highest BCUT2D eigenvalue weighted by atomic mass is 32.2. The number of piperazine rings is 1. The van der Waals surface area contributed by atoms with Crippen molar-refractivity contribution < 1.29 is 13.2 Å². The molecule has 0 unspecified atom stereocenters. The van der Waals surface area contributed by atoms with E-state index < -0.39 is 21.5 Å². The van der Waals surface area contributed by atoms with Crippen LogP contribution < -0.4 is 10.6 Å². The number of hydrogen-bond donors (Lipinski definition) is 0. The van der Waals surface area contributed by atoms with Crippen LogP contribution in [0.1, 0.15) is 0 Å².